The molecule has 0 heterocycles. The number of ether oxygens (including phenoxy) is 3. The van der Waals surface area contributed by atoms with Crippen LogP contribution < -0.4 is 0 Å². The smallest absolute Gasteiger partial charge is 0.293 e. The first-order valence-corrected chi connectivity index (χ1v) is 6.29. The maximum atomic E-state index is 10.5. The van der Waals surface area contributed by atoms with Gasteiger partial charge in [0, 0.05) is 18.9 Å². The van der Waals surface area contributed by atoms with Gasteiger partial charge in [-0.1, -0.05) is 12.2 Å². The van der Waals surface area contributed by atoms with Crippen molar-refractivity contribution in [2.45, 2.75) is 25.6 Å². The first-order valence-electron chi connectivity index (χ1n) is 5.75. The van der Waals surface area contributed by atoms with Gasteiger partial charge in [-0.3, -0.25) is 4.79 Å². The molecular weight excluding hydrogens is 256 g/mol. The molecule has 1 aliphatic carbocycles. The molecule has 0 saturated heterocycles. The second-order valence-electron chi connectivity index (χ2n) is 4.30. The SMILES string of the molecule is C=C(CCl)[C@H]1C[C@@H](OCOC)C(C)=C[C@H]1OC=O. The van der Waals surface area contributed by atoms with Crippen LogP contribution in [-0.2, 0) is 19.0 Å². The lowest BCUT2D eigenvalue weighted by molar-refractivity contribution is -0.134. The predicted octanol–water partition coefficient (Wildman–Crippen LogP) is 2.28. The maximum absolute atomic E-state index is 10.5. The fourth-order valence-electron chi connectivity index (χ4n) is 2.08. The number of hydrogen-bond donors (Lipinski definition) is 0. The Hall–Kier alpha value is -0.840. The third kappa shape index (κ3) is 3.83. The van der Waals surface area contributed by atoms with E-state index in [2.05, 4.69) is 6.58 Å². The highest BCUT2D eigenvalue weighted by Crippen LogP contribution is 2.32. The van der Waals surface area contributed by atoms with Gasteiger partial charge < -0.3 is 14.2 Å². The number of carbonyl (C=O) groups excluding carboxylic acids is 1. The molecule has 3 atom stereocenters. The Morgan fingerprint density at radius 2 is 2.39 bits per heavy atom. The second kappa shape index (κ2) is 7.56. The van der Waals surface area contributed by atoms with E-state index >= 15 is 0 Å². The summed E-state index contributed by atoms with van der Waals surface area (Å²) in [6, 6.07) is 0. The highest BCUT2D eigenvalue weighted by atomic mass is 35.5. The molecular formula is C13H19ClO4. The van der Waals surface area contributed by atoms with Gasteiger partial charge in [-0.15, -0.1) is 11.6 Å². The quantitative estimate of drug-likeness (QED) is 0.309. The van der Waals surface area contributed by atoms with Crippen LogP contribution in [0.5, 0.6) is 0 Å². The summed E-state index contributed by atoms with van der Waals surface area (Å²) in [5, 5.41) is 0. The van der Waals surface area contributed by atoms with E-state index in [9.17, 15) is 4.79 Å². The van der Waals surface area contributed by atoms with E-state index in [4.69, 9.17) is 25.8 Å². The van der Waals surface area contributed by atoms with Gasteiger partial charge in [-0.2, -0.15) is 0 Å². The molecule has 102 valence electrons. The molecule has 18 heavy (non-hydrogen) atoms. The summed E-state index contributed by atoms with van der Waals surface area (Å²) in [5.74, 6) is 0.325. The molecule has 5 heteroatoms. The Labute approximate surface area is 113 Å². The van der Waals surface area contributed by atoms with Gasteiger partial charge in [0.25, 0.3) is 6.47 Å². The Bertz CT molecular complexity index is 327. The van der Waals surface area contributed by atoms with Gasteiger partial charge in [-0.25, -0.2) is 0 Å². The number of rotatable bonds is 7. The topological polar surface area (TPSA) is 44.8 Å². The molecule has 0 saturated carbocycles. The van der Waals surface area contributed by atoms with Crippen LogP contribution in [0, 0.1) is 5.92 Å². The molecule has 0 bridgehead atoms. The molecule has 0 aromatic heterocycles. The Morgan fingerprint density at radius 3 is 2.94 bits per heavy atom. The van der Waals surface area contributed by atoms with Gasteiger partial charge in [-0.05, 0) is 25.0 Å². The second-order valence-corrected chi connectivity index (χ2v) is 4.57. The van der Waals surface area contributed by atoms with Crippen molar-refractivity contribution in [2.75, 3.05) is 19.8 Å². The van der Waals surface area contributed by atoms with E-state index in [0.29, 0.717) is 18.8 Å². The van der Waals surface area contributed by atoms with Crippen LogP contribution in [0.4, 0.5) is 0 Å². The normalized spacial score (nSPS) is 27.5. The van der Waals surface area contributed by atoms with Crippen LogP contribution in [-0.4, -0.2) is 38.5 Å². The monoisotopic (exact) mass is 274 g/mol. The van der Waals surface area contributed by atoms with Gasteiger partial charge in [0.15, 0.2) is 0 Å². The third-order valence-corrected chi connectivity index (χ3v) is 3.44. The van der Waals surface area contributed by atoms with Gasteiger partial charge in [0.05, 0.1) is 6.10 Å². The van der Waals surface area contributed by atoms with Crippen LogP contribution in [0.15, 0.2) is 23.8 Å². The van der Waals surface area contributed by atoms with Crippen LogP contribution in [0.3, 0.4) is 0 Å². The van der Waals surface area contributed by atoms with E-state index in [1.54, 1.807) is 7.11 Å². The lowest BCUT2D eigenvalue weighted by Crippen LogP contribution is -2.35. The molecule has 1 rings (SSSR count). The number of hydrogen-bond acceptors (Lipinski definition) is 4. The zero-order valence-electron chi connectivity index (χ0n) is 10.7. The van der Waals surface area contributed by atoms with Gasteiger partial charge >= 0.3 is 0 Å². The average Bonchev–Trinajstić information content (AvgIpc) is 2.37. The van der Waals surface area contributed by atoms with Crippen LogP contribution in [0.1, 0.15) is 13.3 Å². The minimum atomic E-state index is -0.309. The molecule has 0 unspecified atom stereocenters. The first kappa shape index (κ1) is 15.2. The molecule has 0 fully saturated rings. The summed E-state index contributed by atoms with van der Waals surface area (Å²) in [6.45, 7) is 6.56. The molecule has 0 amide bonds. The van der Waals surface area contributed by atoms with Crippen molar-refractivity contribution in [1.82, 2.24) is 0 Å². The zero-order chi connectivity index (χ0) is 13.5. The Balaban J connectivity index is 2.81. The lowest BCUT2D eigenvalue weighted by Gasteiger charge is -2.34. The van der Waals surface area contributed by atoms with Crippen molar-refractivity contribution >= 4 is 18.1 Å². The molecule has 0 aromatic rings. The minimum absolute atomic E-state index is 0.0155. The highest BCUT2D eigenvalue weighted by Gasteiger charge is 2.32. The van der Waals surface area contributed by atoms with Crippen molar-refractivity contribution in [3.8, 4) is 0 Å². The third-order valence-electron chi connectivity index (χ3n) is 3.10. The summed E-state index contributed by atoms with van der Waals surface area (Å²) >= 11 is 5.81. The van der Waals surface area contributed by atoms with Crippen LogP contribution in [0.2, 0.25) is 0 Å². The van der Waals surface area contributed by atoms with E-state index in [1.165, 1.54) is 0 Å². The molecule has 1 aliphatic rings. The number of halogens is 1. The fourth-order valence-corrected chi connectivity index (χ4v) is 2.28. The van der Waals surface area contributed by atoms with E-state index in [-0.39, 0.29) is 24.9 Å². The van der Waals surface area contributed by atoms with Crippen molar-refractivity contribution in [2.24, 2.45) is 5.92 Å². The van der Waals surface area contributed by atoms with Crippen molar-refractivity contribution < 1.29 is 19.0 Å². The Kier molecular flexibility index (Phi) is 6.39. The number of alkyl halides is 1. The highest BCUT2D eigenvalue weighted by molar-refractivity contribution is 6.19. The predicted molar refractivity (Wildman–Crippen MR) is 69.4 cm³/mol. The standard InChI is InChI=1S/C13H19ClO4/c1-9-4-13(17-7-15)11(10(2)6-14)5-12(9)18-8-16-3/h4,7,11-13H,2,5-6,8H2,1,3H3/t11-,12-,13-/m1/s1. The van der Waals surface area contributed by atoms with Gasteiger partial charge in [0.2, 0.25) is 0 Å². The van der Waals surface area contributed by atoms with E-state index in [1.807, 2.05) is 13.0 Å². The molecule has 4 nitrogen and oxygen atoms in total. The maximum Gasteiger partial charge on any atom is 0.293 e. The van der Waals surface area contributed by atoms with Crippen molar-refractivity contribution in [3.05, 3.63) is 23.8 Å². The van der Waals surface area contributed by atoms with Gasteiger partial charge in [0.1, 0.15) is 12.9 Å². The molecule has 0 N–H and O–H groups in total. The van der Waals surface area contributed by atoms with E-state index in [0.717, 1.165) is 11.1 Å². The van der Waals surface area contributed by atoms with Crippen molar-refractivity contribution in [1.29, 1.82) is 0 Å². The lowest BCUT2D eigenvalue weighted by atomic mass is 9.82. The summed E-state index contributed by atoms with van der Waals surface area (Å²) in [4.78, 5) is 10.5. The summed E-state index contributed by atoms with van der Waals surface area (Å²) in [6.07, 6.45) is 2.22. The molecule has 0 aromatic carbocycles. The van der Waals surface area contributed by atoms with Crippen LogP contribution in [0.25, 0.3) is 0 Å². The summed E-state index contributed by atoms with van der Waals surface area (Å²) in [5.41, 5.74) is 1.87. The molecule has 0 aliphatic heterocycles. The van der Waals surface area contributed by atoms with Crippen LogP contribution >= 0.6 is 11.6 Å². The van der Waals surface area contributed by atoms with E-state index < -0.39 is 0 Å². The molecule has 0 spiro atoms. The van der Waals surface area contributed by atoms with Crippen molar-refractivity contribution in [3.63, 3.8) is 0 Å². The summed E-state index contributed by atoms with van der Waals surface area (Å²) in [7, 11) is 1.58. The summed E-state index contributed by atoms with van der Waals surface area (Å²) < 4.78 is 15.6. The number of carbonyl (C=O) groups is 1. The molecule has 0 radical (unpaired) electrons. The zero-order valence-corrected chi connectivity index (χ0v) is 11.5. The minimum Gasteiger partial charge on any atom is -0.460 e. The Morgan fingerprint density at radius 1 is 1.67 bits per heavy atom. The first-order chi connectivity index (χ1) is 8.63. The largest absolute Gasteiger partial charge is 0.460 e. The number of methoxy groups -OCH3 is 1. The fraction of sp³-hybridized carbons (Fsp3) is 0.615. The average molecular weight is 275 g/mol.